The number of rotatable bonds is 15. The Morgan fingerprint density at radius 1 is 0.955 bits per heavy atom. The van der Waals surface area contributed by atoms with Crippen LogP contribution in [0.5, 0.6) is 0 Å². The monoisotopic (exact) mass is 312 g/mol. The molecular formula is C18H32O4. The predicted octanol–water partition coefficient (Wildman–Crippen LogP) is 5.70. The third-order valence-corrected chi connectivity index (χ3v) is 3.55. The third-order valence-electron chi connectivity index (χ3n) is 3.55. The zero-order chi connectivity index (χ0) is 16.5. The first-order valence-electron chi connectivity index (χ1n) is 8.58. The first kappa shape index (κ1) is 20.7. The van der Waals surface area contributed by atoms with Gasteiger partial charge in [0.15, 0.2) is 0 Å². The fourth-order valence-corrected chi connectivity index (χ4v) is 2.22. The van der Waals surface area contributed by atoms with Crippen molar-refractivity contribution in [2.45, 2.75) is 84.0 Å². The maximum absolute atomic E-state index is 10.3. The van der Waals surface area contributed by atoms with Gasteiger partial charge in [-0.05, 0) is 38.2 Å². The van der Waals surface area contributed by atoms with Crippen LogP contribution in [0.15, 0.2) is 24.0 Å². The van der Waals surface area contributed by atoms with E-state index in [1.54, 1.807) is 0 Å². The lowest BCUT2D eigenvalue weighted by atomic mass is 10.1. The zero-order valence-corrected chi connectivity index (χ0v) is 13.9. The molecule has 2 N–H and O–H groups in total. The Balaban J connectivity index is 3.50. The van der Waals surface area contributed by atoms with E-state index in [0.717, 1.165) is 70.6 Å². The second kappa shape index (κ2) is 16.1. The minimum atomic E-state index is -0.697. The van der Waals surface area contributed by atoms with Gasteiger partial charge in [0.25, 0.3) is 0 Å². The molecule has 0 bridgehead atoms. The summed E-state index contributed by atoms with van der Waals surface area (Å²) in [5, 5.41) is 17.3. The molecule has 0 radical (unpaired) electrons. The Morgan fingerprint density at radius 2 is 1.64 bits per heavy atom. The average Bonchev–Trinajstić information content (AvgIpc) is 2.50. The van der Waals surface area contributed by atoms with E-state index in [9.17, 15) is 4.79 Å². The molecule has 4 heteroatoms. The Hall–Kier alpha value is -1.29. The van der Waals surface area contributed by atoms with Crippen molar-refractivity contribution in [3.8, 4) is 0 Å². The molecule has 0 saturated heterocycles. The number of unbranched alkanes of at least 4 members (excludes halogenated alkanes) is 7. The van der Waals surface area contributed by atoms with Crippen LogP contribution >= 0.6 is 0 Å². The fourth-order valence-electron chi connectivity index (χ4n) is 2.22. The van der Waals surface area contributed by atoms with Gasteiger partial charge in [0.1, 0.15) is 5.76 Å². The van der Waals surface area contributed by atoms with Gasteiger partial charge < -0.3 is 9.99 Å². The van der Waals surface area contributed by atoms with E-state index < -0.39 is 5.97 Å². The van der Waals surface area contributed by atoms with Gasteiger partial charge in [-0.1, -0.05) is 51.2 Å². The molecule has 0 amide bonds. The highest BCUT2D eigenvalue weighted by molar-refractivity contribution is 5.66. The van der Waals surface area contributed by atoms with Crippen LogP contribution in [0, 0.1) is 0 Å². The molecule has 0 aromatic heterocycles. The Labute approximate surface area is 134 Å². The molecule has 4 nitrogen and oxygen atoms in total. The minimum Gasteiger partial charge on any atom is -0.481 e. The molecule has 0 saturated carbocycles. The summed E-state index contributed by atoms with van der Waals surface area (Å²) in [6.45, 7) is 2.15. The maximum Gasteiger partial charge on any atom is 0.303 e. The molecule has 0 unspecified atom stereocenters. The molecule has 0 aliphatic rings. The van der Waals surface area contributed by atoms with Gasteiger partial charge in [-0.25, -0.2) is 5.26 Å². The predicted molar refractivity (Wildman–Crippen MR) is 89.7 cm³/mol. The summed E-state index contributed by atoms with van der Waals surface area (Å²) in [7, 11) is 0. The summed E-state index contributed by atoms with van der Waals surface area (Å²) in [5.41, 5.74) is 0. The van der Waals surface area contributed by atoms with Gasteiger partial charge in [-0.3, -0.25) is 4.79 Å². The molecule has 0 atom stereocenters. The van der Waals surface area contributed by atoms with Crippen molar-refractivity contribution in [3.63, 3.8) is 0 Å². The number of aliphatic carboxylic acids is 1. The Morgan fingerprint density at radius 3 is 2.32 bits per heavy atom. The van der Waals surface area contributed by atoms with E-state index in [0.29, 0.717) is 12.2 Å². The molecule has 0 spiro atoms. The second-order valence-electron chi connectivity index (χ2n) is 5.63. The summed E-state index contributed by atoms with van der Waals surface area (Å²) >= 11 is 0. The number of carboxylic acids is 1. The lowest BCUT2D eigenvalue weighted by Gasteiger charge is -2.02. The van der Waals surface area contributed by atoms with Gasteiger partial charge in [0.05, 0.1) is 0 Å². The van der Waals surface area contributed by atoms with Crippen LogP contribution in [-0.2, 0) is 9.68 Å². The van der Waals surface area contributed by atoms with Gasteiger partial charge in [-0.2, -0.15) is 0 Å². The van der Waals surface area contributed by atoms with Crippen LogP contribution in [-0.4, -0.2) is 16.3 Å². The first-order valence-corrected chi connectivity index (χ1v) is 8.58. The van der Waals surface area contributed by atoms with Gasteiger partial charge >= 0.3 is 5.97 Å². The van der Waals surface area contributed by atoms with Crippen molar-refractivity contribution >= 4 is 5.97 Å². The van der Waals surface area contributed by atoms with Crippen molar-refractivity contribution in [2.24, 2.45) is 0 Å². The molecule has 0 rings (SSSR count). The number of allylic oxidation sites excluding steroid dienone is 4. The standard InChI is InChI=1S/C18H32O4/c1-2-3-11-14-17(22-21)15-12-9-7-5-4-6-8-10-13-16-18(19)20/h7,9,15,21H,2-6,8,10-14,16H2,1H3,(H,19,20)/b9-7-,17-15-. The number of hydrogen-bond acceptors (Lipinski definition) is 3. The normalized spacial score (nSPS) is 12.0. The smallest absolute Gasteiger partial charge is 0.303 e. The summed E-state index contributed by atoms with van der Waals surface area (Å²) in [4.78, 5) is 14.7. The fraction of sp³-hybridized carbons (Fsp3) is 0.722. The van der Waals surface area contributed by atoms with Crippen molar-refractivity contribution in [1.82, 2.24) is 0 Å². The van der Waals surface area contributed by atoms with Crippen molar-refractivity contribution in [3.05, 3.63) is 24.0 Å². The average molecular weight is 312 g/mol. The highest BCUT2D eigenvalue weighted by Crippen LogP contribution is 2.11. The highest BCUT2D eigenvalue weighted by Gasteiger charge is 1.97. The highest BCUT2D eigenvalue weighted by atomic mass is 17.1. The van der Waals surface area contributed by atoms with Crippen molar-refractivity contribution in [1.29, 1.82) is 0 Å². The molecule has 0 fully saturated rings. The first-order chi connectivity index (χ1) is 10.7. The van der Waals surface area contributed by atoms with Crippen molar-refractivity contribution < 1.29 is 20.0 Å². The largest absolute Gasteiger partial charge is 0.481 e. The van der Waals surface area contributed by atoms with E-state index in [-0.39, 0.29) is 0 Å². The molecule has 0 heterocycles. The van der Waals surface area contributed by atoms with Crippen LogP contribution in [0.2, 0.25) is 0 Å². The van der Waals surface area contributed by atoms with Gasteiger partial charge in [0.2, 0.25) is 0 Å². The summed E-state index contributed by atoms with van der Waals surface area (Å²) in [6, 6.07) is 0. The quantitative estimate of drug-likeness (QED) is 0.134. The van der Waals surface area contributed by atoms with Crippen LogP contribution in [0.1, 0.15) is 84.0 Å². The summed E-state index contributed by atoms with van der Waals surface area (Å²) in [6.07, 6.45) is 17.7. The van der Waals surface area contributed by atoms with E-state index in [2.05, 4.69) is 24.0 Å². The van der Waals surface area contributed by atoms with Crippen LogP contribution in [0.4, 0.5) is 0 Å². The number of carboxylic acid groups (broad SMARTS) is 1. The lowest BCUT2D eigenvalue weighted by molar-refractivity contribution is -0.206. The van der Waals surface area contributed by atoms with E-state index in [1.807, 2.05) is 6.08 Å². The number of carbonyl (C=O) groups is 1. The van der Waals surface area contributed by atoms with Gasteiger partial charge in [0, 0.05) is 12.8 Å². The molecule has 0 aliphatic heterocycles. The molecule has 0 aromatic carbocycles. The van der Waals surface area contributed by atoms with E-state index in [1.165, 1.54) is 0 Å². The number of hydrogen-bond donors (Lipinski definition) is 2. The summed E-state index contributed by atoms with van der Waals surface area (Å²) < 4.78 is 0. The summed E-state index contributed by atoms with van der Waals surface area (Å²) in [5.74, 6) is -0.0339. The minimum absolute atomic E-state index is 0.291. The molecule has 0 aliphatic carbocycles. The van der Waals surface area contributed by atoms with Crippen LogP contribution < -0.4 is 0 Å². The van der Waals surface area contributed by atoms with Crippen LogP contribution in [0.25, 0.3) is 0 Å². The van der Waals surface area contributed by atoms with Crippen LogP contribution in [0.3, 0.4) is 0 Å². The van der Waals surface area contributed by atoms with Gasteiger partial charge in [-0.15, -0.1) is 0 Å². The lowest BCUT2D eigenvalue weighted by Crippen LogP contribution is -1.93. The van der Waals surface area contributed by atoms with E-state index >= 15 is 0 Å². The topological polar surface area (TPSA) is 66.8 Å². The zero-order valence-electron chi connectivity index (χ0n) is 13.9. The molecular weight excluding hydrogens is 280 g/mol. The van der Waals surface area contributed by atoms with Crippen molar-refractivity contribution in [2.75, 3.05) is 0 Å². The second-order valence-corrected chi connectivity index (χ2v) is 5.63. The Kier molecular flexibility index (Phi) is 15.1. The molecule has 128 valence electrons. The molecule has 22 heavy (non-hydrogen) atoms. The molecule has 0 aromatic rings. The third kappa shape index (κ3) is 15.1. The van der Waals surface area contributed by atoms with E-state index in [4.69, 9.17) is 10.4 Å². The maximum atomic E-state index is 10.3. The SMILES string of the molecule is CCCCC/C(=C/C/C=C\CCCCCCCC(=O)O)OO. The Bertz CT molecular complexity index is 321.